The third-order valence-electron chi connectivity index (χ3n) is 5.49. The van der Waals surface area contributed by atoms with E-state index < -0.39 is 27.6 Å². The number of hydrogen-bond acceptors (Lipinski definition) is 5. The molecule has 0 saturated carbocycles. The van der Waals surface area contributed by atoms with Gasteiger partial charge in [-0.15, -0.1) is 0 Å². The molecule has 1 aromatic carbocycles. The van der Waals surface area contributed by atoms with Crippen LogP contribution in [-0.4, -0.2) is 44.2 Å². The molecule has 9 heteroatoms. The molecule has 152 valence electrons. The first-order valence-electron chi connectivity index (χ1n) is 9.32. The maximum Gasteiger partial charge on any atom is 0.243 e. The first-order chi connectivity index (χ1) is 13.2. The quantitative estimate of drug-likeness (QED) is 0.711. The van der Waals surface area contributed by atoms with Crippen LogP contribution in [0.15, 0.2) is 18.2 Å². The Morgan fingerprint density at radius 3 is 2.64 bits per heavy atom. The van der Waals surface area contributed by atoms with Gasteiger partial charge in [0.15, 0.2) is 9.84 Å². The molecule has 2 atom stereocenters. The highest BCUT2D eigenvalue weighted by molar-refractivity contribution is 7.91. The Morgan fingerprint density at radius 1 is 1.21 bits per heavy atom. The summed E-state index contributed by atoms with van der Waals surface area (Å²) in [6.45, 7) is 4.16. The Morgan fingerprint density at radius 2 is 1.96 bits per heavy atom. The minimum atomic E-state index is -3.04. The van der Waals surface area contributed by atoms with E-state index in [0.29, 0.717) is 6.42 Å². The van der Waals surface area contributed by atoms with Gasteiger partial charge >= 0.3 is 0 Å². The molecule has 0 aliphatic carbocycles. The van der Waals surface area contributed by atoms with E-state index in [0.717, 1.165) is 16.8 Å². The third kappa shape index (κ3) is 4.52. The van der Waals surface area contributed by atoms with Crippen LogP contribution in [0.5, 0.6) is 0 Å². The van der Waals surface area contributed by atoms with E-state index in [9.17, 15) is 22.8 Å². The Hall–Kier alpha value is -2.42. The number of hydrogen-bond donors (Lipinski definition) is 2. The maximum atomic E-state index is 12.4. The van der Waals surface area contributed by atoms with Crippen molar-refractivity contribution < 1.29 is 22.8 Å². The smallest absolute Gasteiger partial charge is 0.243 e. The molecule has 2 N–H and O–H groups in total. The van der Waals surface area contributed by atoms with Gasteiger partial charge in [0.25, 0.3) is 0 Å². The summed E-state index contributed by atoms with van der Waals surface area (Å²) in [5.41, 5.74) is 7.57. The molecule has 0 aromatic heterocycles. The molecule has 2 heterocycles. The average molecular weight is 407 g/mol. The lowest BCUT2D eigenvalue weighted by molar-refractivity contribution is -0.131. The Labute approximate surface area is 164 Å². The minimum Gasteiger partial charge on any atom is -0.311 e. The molecule has 28 heavy (non-hydrogen) atoms. The van der Waals surface area contributed by atoms with Crippen LogP contribution in [0.1, 0.15) is 30.4 Å². The fourth-order valence-electron chi connectivity index (χ4n) is 3.72. The van der Waals surface area contributed by atoms with E-state index in [1.165, 1.54) is 0 Å². The molecular formula is C19H25N3O5S. The van der Waals surface area contributed by atoms with Crippen molar-refractivity contribution in [3.05, 3.63) is 29.3 Å². The van der Waals surface area contributed by atoms with Crippen LogP contribution in [0.25, 0.3) is 0 Å². The van der Waals surface area contributed by atoms with Gasteiger partial charge in [0.1, 0.15) is 0 Å². The lowest BCUT2D eigenvalue weighted by Gasteiger charge is -2.20. The second-order valence-electron chi connectivity index (χ2n) is 7.64. The summed E-state index contributed by atoms with van der Waals surface area (Å²) in [4.78, 5) is 38.3. The number of hydrazine groups is 1. The highest BCUT2D eigenvalue weighted by Crippen LogP contribution is 2.29. The summed E-state index contributed by atoms with van der Waals surface area (Å²) in [5, 5.41) is 0. The number of carbonyl (C=O) groups is 3. The number of carbonyl (C=O) groups excluding carboxylic acids is 3. The van der Waals surface area contributed by atoms with Gasteiger partial charge in [0.2, 0.25) is 17.7 Å². The Kier molecular flexibility index (Phi) is 5.74. The van der Waals surface area contributed by atoms with Gasteiger partial charge in [-0.05, 0) is 43.4 Å². The molecule has 3 rings (SSSR count). The summed E-state index contributed by atoms with van der Waals surface area (Å²) in [6, 6.07) is 5.70. The molecule has 2 unspecified atom stereocenters. The molecule has 2 aliphatic heterocycles. The molecule has 2 saturated heterocycles. The fourth-order valence-corrected chi connectivity index (χ4v) is 5.59. The van der Waals surface area contributed by atoms with Crippen molar-refractivity contribution in [2.24, 2.45) is 11.8 Å². The van der Waals surface area contributed by atoms with Crippen LogP contribution in [0.4, 0.5) is 5.69 Å². The van der Waals surface area contributed by atoms with E-state index in [-0.39, 0.29) is 42.7 Å². The standard InChI is InChI=1S/C19H25N3O5S/c1-12-4-3-5-16(13(12)2)22-10-15(9-18(22)24)19(25)21-20-17(23)8-14-6-7-28(26,27)11-14/h3-5,14-15H,6-11H2,1-2H3,(H,20,23)(H,21,25). The van der Waals surface area contributed by atoms with Crippen molar-refractivity contribution in [2.75, 3.05) is 23.0 Å². The second-order valence-corrected chi connectivity index (χ2v) is 9.86. The normalized spacial score (nSPS) is 23.6. The lowest BCUT2D eigenvalue weighted by Crippen LogP contribution is -2.45. The summed E-state index contributed by atoms with van der Waals surface area (Å²) < 4.78 is 22.9. The van der Waals surface area contributed by atoms with E-state index in [4.69, 9.17) is 0 Å². The van der Waals surface area contributed by atoms with Crippen LogP contribution >= 0.6 is 0 Å². The number of sulfone groups is 1. The number of amides is 3. The Bertz CT molecular complexity index is 912. The van der Waals surface area contributed by atoms with Crippen molar-refractivity contribution >= 4 is 33.2 Å². The molecule has 2 aliphatic rings. The zero-order chi connectivity index (χ0) is 20.5. The zero-order valence-corrected chi connectivity index (χ0v) is 16.8. The molecule has 0 spiro atoms. The number of nitrogens with one attached hydrogen (secondary N) is 2. The molecule has 2 fully saturated rings. The highest BCUT2D eigenvalue weighted by atomic mass is 32.2. The van der Waals surface area contributed by atoms with Gasteiger partial charge in [-0.3, -0.25) is 25.2 Å². The number of nitrogens with zero attached hydrogens (tertiary/aromatic N) is 1. The van der Waals surface area contributed by atoms with Crippen molar-refractivity contribution in [1.29, 1.82) is 0 Å². The largest absolute Gasteiger partial charge is 0.311 e. The summed E-state index contributed by atoms with van der Waals surface area (Å²) in [6.07, 6.45) is 0.597. The van der Waals surface area contributed by atoms with Crippen LogP contribution in [0.2, 0.25) is 0 Å². The van der Waals surface area contributed by atoms with E-state index in [1.807, 2.05) is 32.0 Å². The number of rotatable bonds is 4. The Balaban J connectivity index is 1.52. The first kappa shape index (κ1) is 20.3. The molecular weight excluding hydrogens is 382 g/mol. The van der Waals surface area contributed by atoms with Gasteiger partial charge in [0, 0.05) is 25.1 Å². The van der Waals surface area contributed by atoms with E-state index >= 15 is 0 Å². The van der Waals surface area contributed by atoms with Crippen molar-refractivity contribution in [2.45, 2.75) is 33.1 Å². The molecule has 0 bridgehead atoms. The molecule has 0 radical (unpaired) electrons. The number of anilines is 1. The van der Waals surface area contributed by atoms with Gasteiger partial charge in [0.05, 0.1) is 17.4 Å². The predicted octanol–water partition coefficient (Wildman–Crippen LogP) is 0.629. The lowest BCUT2D eigenvalue weighted by atomic mass is 10.1. The van der Waals surface area contributed by atoms with Crippen LogP contribution < -0.4 is 15.8 Å². The molecule has 3 amide bonds. The van der Waals surface area contributed by atoms with Crippen molar-refractivity contribution in [1.82, 2.24) is 10.9 Å². The topological polar surface area (TPSA) is 113 Å². The van der Waals surface area contributed by atoms with Crippen molar-refractivity contribution in [3.63, 3.8) is 0 Å². The zero-order valence-electron chi connectivity index (χ0n) is 16.0. The first-order valence-corrected chi connectivity index (χ1v) is 11.1. The third-order valence-corrected chi connectivity index (χ3v) is 7.33. The second kappa shape index (κ2) is 7.90. The SMILES string of the molecule is Cc1cccc(N2CC(C(=O)NNC(=O)CC3CCS(=O)(=O)C3)CC2=O)c1C. The summed E-state index contributed by atoms with van der Waals surface area (Å²) >= 11 is 0. The van der Waals surface area contributed by atoms with Crippen LogP contribution in [0, 0.1) is 25.7 Å². The van der Waals surface area contributed by atoms with Gasteiger partial charge in [-0.2, -0.15) is 0 Å². The fraction of sp³-hybridized carbons (Fsp3) is 0.526. The van der Waals surface area contributed by atoms with Crippen LogP contribution in [-0.2, 0) is 24.2 Å². The number of aryl methyl sites for hydroxylation is 1. The maximum absolute atomic E-state index is 12.4. The van der Waals surface area contributed by atoms with Gasteiger partial charge in [-0.25, -0.2) is 8.42 Å². The van der Waals surface area contributed by atoms with Crippen LogP contribution in [0.3, 0.4) is 0 Å². The predicted molar refractivity (Wildman–Crippen MR) is 104 cm³/mol. The summed E-state index contributed by atoms with van der Waals surface area (Å²) in [5.74, 6) is -1.63. The van der Waals surface area contributed by atoms with E-state index in [2.05, 4.69) is 10.9 Å². The van der Waals surface area contributed by atoms with Gasteiger partial charge in [-0.1, -0.05) is 12.1 Å². The van der Waals surface area contributed by atoms with Gasteiger partial charge < -0.3 is 4.90 Å². The minimum absolute atomic E-state index is 0.0102. The van der Waals surface area contributed by atoms with Crippen molar-refractivity contribution in [3.8, 4) is 0 Å². The highest BCUT2D eigenvalue weighted by Gasteiger charge is 2.36. The molecule has 8 nitrogen and oxygen atoms in total. The summed E-state index contributed by atoms with van der Waals surface area (Å²) in [7, 11) is -3.04. The average Bonchev–Trinajstić information content (AvgIpc) is 3.17. The molecule has 1 aromatic rings. The monoisotopic (exact) mass is 407 g/mol. The number of benzene rings is 1. The van der Waals surface area contributed by atoms with E-state index in [1.54, 1.807) is 4.90 Å².